The zero-order chi connectivity index (χ0) is 12.3. The molecular formula is C12H12N4S. The third kappa shape index (κ3) is 2.57. The number of thiocarbonyl (C=S) groups is 1. The van der Waals surface area contributed by atoms with Crippen LogP contribution in [0.4, 0.5) is 11.6 Å². The van der Waals surface area contributed by atoms with Gasteiger partial charge in [0, 0.05) is 30.7 Å². The number of hydrogen-bond donors (Lipinski definition) is 1. The Kier molecular flexibility index (Phi) is 3.30. The molecule has 2 aromatic rings. The lowest BCUT2D eigenvalue weighted by molar-refractivity contribution is 1.04. The second-order valence-electron chi connectivity index (χ2n) is 3.52. The lowest BCUT2D eigenvalue weighted by Gasteiger charge is -2.16. The van der Waals surface area contributed by atoms with Crippen molar-refractivity contribution in [2.24, 2.45) is 5.73 Å². The minimum Gasteiger partial charge on any atom is -0.389 e. The molecule has 2 N–H and O–H groups in total. The van der Waals surface area contributed by atoms with Crippen molar-refractivity contribution in [1.29, 1.82) is 0 Å². The van der Waals surface area contributed by atoms with E-state index in [0.717, 1.165) is 11.3 Å². The molecule has 1 aromatic heterocycles. The quantitative estimate of drug-likeness (QED) is 0.835. The van der Waals surface area contributed by atoms with E-state index in [2.05, 4.69) is 9.97 Å². The first-order chi connectivity index (χ1) is 8.18. The molecule has 17 heavy (non-hydrogen) atoms. The summed E-state index contributed by atoms with van der Waals surface area (Å²) < 4.78 is 0. The van der Waals surface area contributed by atoms with Gasteiger partial charge in [-0.1, -0.05) is 12.2 Å². The first kappa shape index (κ1) is 11.5. The monoisotopic (exact) mass is 244 g/mol. The minimum absolute atomic E-state index is 0.398. The maximum absolute atomic E-state index is 5.54. The summed E-state index contributed by atoms with van der Waals surface area (Å²) >= 11 is 4.90. The topological polar surface area (TPSA) is 55.0 Å². The summed E-state index contributed by atoms with van der Waals surface area (Å²) in [6, 6.07) is 9.43. The van der Waals surface area contributed by atoms with Crippen LogP contribution in [0.1, 0.15) is 5.56 Å². The Labute approximate surface area is 105 Å². The number of anilines is 2. The van der Waals surface area contributed by atoms with Crippen molar-refractivity contribution in [3.8, 4) is 0 Å². The molecule has 1 aromatic carbocycles. The highest BCUT2D eigenvalue weighted by Crippen LogP contribution is 2.19. The number of aromatic nitrogens is 2. The van der Waals surface area contributed by atoms with Crippen LogP contribution in [0.5, 0.6) is 0 Å². The van der Waals surface area contributed by atoms with Crippen LogP contribution >= 0.6 is 12.2 Å². The van der Waals surface area contributed by atoms with E-state index in [1.54, 1.807) is 18.5 Å². The second kappa shape index (κ2) is 4.88. The number of nitrogens with two attached hydrogens (primary N) is 1. The molecule has 0 spiro atoms. The number of benzene rings is 1. The van der Waals surface area contributed by atoms with Crippen molar-refractivity contribution in [3.05, 3.63) is 48.3 Å². The molecule has 0 radical (unpaired) electrons. The standard InChI is InChI=1S/C12H12N4S/c1-16(12-14-7-2-8-15-12)10-5-3-9(4-6-10)11(13)17/h2-8H,1H3,(H2,13,17). The molecule has 4 nitrogen and oxygen atoms in total. The molecule has 0 amide bonds. The van der Waals surface area contributed by atoms with Gasteiger partial charge in [0.1, 0.15) is 4.99 Å². The van der Waals surface area contributed by atoms with Gasteiger partial charge in [0.2, 0.25) is 5.95 Å². The molecule has 0 aliphatic heterocycles. The molecule has 0 aliphatic carbocycles. The summed E-state index contributed by atoms with van der Waals surface area (Å²) in [5.41, 5.74) is 7.38. The van der Waals surface area contributed by atoms with E-state index in [4.69, 9.17) is 18.0 Å². The molecule has 0 saturated heterocycles. The van der Waals surface area contributed by atoms with Gasteiger partial charge < -0.3 is 10.6 Å². The molecule has 0 aliphatic rings. The predicted octanol–water partition coefficient (Wildman–Crippen LogP) is 1.88. The Balaban J connectivity index is 2.26. The number of hydrogen-bond acceptors (Lipinski definition) is 4. The lowest BCUT2D eigenvalue weighted by Crippen LogP contribution is -2.13. The zero-order valence-electron chi connectivity index (χ0n) is 9.37. The van der Waals surface area contributed by atoms with Gasteiger partial charge in [-0.05, 0) is 30.3 Å². The van der Waals surface area contributed by atoms with Crippen LogP contribution in [0.3, 0.4) is 0 Å². The van der Waals surface area contributed by atoms with E-state index in [1.165, 1.54) is 0 Å². The van der Waals surface area contributed by atoms with Crippen molar-refractivity contribution < 1.29 is 0 Å². The maximum atomic E-state index is 5.54. The van der Waals surface area contributed by atoms with Gasteiger partial charge >= 0.3 is 0 Å². The highest BCUT2D eigenvalue weighted by atomic mass is 32.1. The highest BCUT2D eigenvalue weighted by Gasteiger charge is 2.06. The lowest BCUT2D eigenvalue weighted by atomic mass is 10.2. The van der Waals surface area contributed by atoms with Gasteiger partial charge in [-0.3, -0.25) is 0 Å². The van der Waals surface area contributed by atoms with Crippen molar-refractivity contribution in [3.63, 3.8) is 0 Å². The predicted molar refractivity (Wildman–Crippen MR) is 72.4 cm³/mol. The molecule has 0 fully saturated rings. The third-order valence-electron chi connectivity index (χ3n) is 2.39. The first-order valence-corrected chi connectivity index (χ1v) is 5.50. The SMILES string of the molecule is CN(c1ccc(C(N)=S)cc1)c1ncccn1. The Morgan fingerprint density at radius 1 is 1.18 bits per heavy atom. The van der Waals surface area contributed by atoms with Crippen LogP contribution in [0.15, 0.2) is 42.7 Å². The first-order valence-electron chi connectivity index (χ1n) is 5.09. The van der Waals surface area contributed by atoms with E-state index < -0.39 is 0 Å². The van der Waals surface area contributed by atoms with Gasteiger partial charge in [0.25, 0.3) is 0 Å². The fourth-order valence-electron chi connectivity index (χ4n) is 1.43. The van der Waals surface area contributed by atoms with Crippen molar-refractivity contribution >= 4 is 28.8 Å². The maximum Gasteiger partial charge on any atom is 0.229 e. The van der Waals surface area contributed by atoms with Gasteiger partial charge in [-0.2, -0.15) is 0 Å². The van der Waals surface area contributed by atoms with E-state index in [-0.39, 0.29) is 0 Å². The van der Waals surface area contributed by atoms with E-state index in [9.17, 15) is 0 Å². The highest BCUT2D eigenvalue weighted by molar-refractivity contribution is 7.80. The molecule has 0 bridgehead atoms. The summed E-state index contributed by atoms with van der Waals surface area (Å²) in [6.07, 6.45) is 3.42. The van der Waals surface area contributed by atoms with Gasteiger partial charge in [0.15, 0.2) is 0 Å². The Morgan fingerprint density at radius 3 is 2.29 bits per heavy atom. The smallest absolute Gasteiger partial charge is 0.229 e. The van der Waals surface area contributed by atoms with Crippen molar-refractivity contribution in [2.45, 2.75) is 0 Å². The normalized spacial score (nSPS) is 9.94. The second-order valence-corrected chi connectivity index (χ2v) is 3.96. The summed E-state index contributed by atoms with van der Waals surface area (Å²) in [4.78, 5) is 10.6. The average molecular weight is 244 g/mol. The zero-order valence-corrected chi connectivity index (χ0v) is 10.2. The molecular weight excluding hydrogens is 232 g/mol. The van der Waals surface area contributed by atoms with Gasteiger partial charge in [0.05, 0.1) is 0 Å². The van der Waals surface area contributed by atoms with Crippen LogP contribution in [0.25, 0.3) is 0 Å². The summed E-state index contributed by atoms with van der Waals surface area (Å²) in [6.45, 7) is 0. The molecule has 86 valence electrons. The molecule has 5 heteroatoms. The van der Waals surface area contributed by atoms with Crippen LogP contribution in [-0.4, -0.2) is 22.0 Å². The number of rotatable bonds is 3. The largest absolute Gasteiger partial charge is 0.389 e. The van der Waals surface area contributed by atoms with E-state index in [0.29, 0.717) is 10.9 Å². The Bertz CT molecular complexity index is 510. The Morgan fingerprint density at radius 2 is 1.76 bits per heavy atom. The summed E-state index contributed by atoms with van der Waals surface area (Å²) in [7, 11) is 1.91. The van der Waals surface area contributed by atoms with E-state index >= 15 is 0 Å². The van der Waals surface area contributed by atoms with Crippen LogP contribution in [0, 0.1) is 0 Å². The van der Waals surface area contributed by atoms with Gasteiger partial charge in [-0.15, -0.1) is 0 Å². The molecule has 2 rings (SSSR count). The number of nitrogens with zero attached hydrogens (tertiary/aromatic N) is 3. The molecule has 0 unspecified atom stereocenters. The fraction of sp³-hybridized carbons (Fsp3) is 0.0833. The van der Waals surface area contributed by atoms with Crippen LogP contribution in [0.2, 0.25) is 0 Å². The van der Waals surface area contributed by atoms with Crippen molar-refractivity contribution in [2.75, 3.05) is 11.9 Å². The van der Waals surface area contributed by atoms with Gasteiger partial charge in [-0.25, -0.2) is 9.97 Å². The molecule has 0 saturated carbocycles. The van der Waals surface area contributed by atoms with Crippen molar-refractivity contribution in [1.82, 2.24) is 9.97 Å². The third-order valence-corrected chi connectivity index (χ3v) is 2.63. The minimum atomic E-state index is 0.398. The van der Waals surface area contributed by atoms with Crippen LogP contribution < -0.4 is 10.6 Å². The Hall–Kier alpha value is -2.01. The summed E-state index contributed by atoms with van der Waals surface area (Å²) in [5, 5.41) is 0. The van der Waals surface area contributed by atoms with Crippen LogP contribution in [-0.2, 0) is 0 Å². The average Bonchev–Trinajstić information content (AvgIpc) is 2.39. The summed E-state index contributed by atoms with van der Waals surface area (Å²) in [5.74, 6) is 0.649. The molecule has 0 atom stereocenters. The van der Waals surface area contributed by atoms with E-state index in [1.807, 2.05) is 36.2 Å². The molecule has 1 heterocycles. The fourth-order valence-corrected chi connectivity index (χ4v) is 1.57.